The standard InChI is InChI=1S/C33H41N3O4/c1-23(29-11-7-9-25-8-5-6-10-30(25)29)34-26-16-18-35(21-26)27-14-12-24(13-15-27)20-31(37)39-28-17-19-36(22-28)32(38)40-33(2,3)4/h5-15,23,26,28,34H,16-22H2,1-4H3/t23-,26+,28-/m1/s1. The molecule has 2 heterocycles. The molecule has 0 radical (unpaired) electrons. The molecule has 2 saturated heterocycles. The molecular formula is C33H41N3O4. The van der Waals surface area contributed by atoms with Gasteiger partial charge in [-0.3, -0.25) is 4.79 Å². The highest BCUT2D eigenvalue weighted by molar-refractivity contribution is 5.86. The van der Waals surface area contributed by atoms with Crippen molar-refractivity contribution < 1.29 is 19.1 Å². The maximum atomic E-state index is 12.6. The largest absolute Gasteiger partial charge is 0.460 e. The number of fused-ring (bicyclic) bond motifs is 1. The van der Waals surface area contributed by atoms with E-state index in [0.717, 1.165) is 25.1 Å². The monoisotopic (exact) mass is 543 g/mol. The molecule has 0 unspecified atom stereocenters. The van der Waals surface area contributed by atoms with Gasteiger partial charge in [0.2, 0.25) is 0 Å². The number of rotatable bonds is 7. The van der Waals surface area contributed by atoms with Crippen molar-refractivity contribution in [2.24, 2.45) is 0 Å². The van der Waals surface area contributed by atoms with Gasteiger partial charge in [0.1, 0.15) is 11.7 Å². The average Bonchev–Trinajstić information content (AvgIpc) is 3.58. The van der Waals surface area contributed by atoms with Crippen LogP contribution < -0.4 is 10.2 Å². The van der Waals surface area contributed by atoms with E-state index in [1.165, 1.54) is 22.0 Å². The maximum Gasteiger partial charge on any atom is 0.410 e. The van der Waals surface area contributed by atoms with Crippen LogP contribution in [0.1, 0.15) is 57.7 Å². The molecule has 2 fully saturated rings. The molecule has 3 aromatic rings. The molecule has 212 valence electrons. The summed E-state index contributed by atoms with van der Waals surface area (Å²) in [5.41, 5.74) is 2.89. The van der Waals surface area contributed by atoms with Crippen LogP contribution in [0, 0.1) is 0 Å². The summed E-state index contributed by atoms with van der Waals surface area (Å²) in [6.07, 6.45) is 1.29. The molecule has 0 spiro atoms. The fraction of sp³-hybridized carbons (Fsp3) is 0.455. The van der Waals surface area contributed by atoms with Crippen molar-refractivity contribution in [1.82, 2.24) is 10.2 Å². The summed E-state index contributed by atoms with van der Waals surface area (Å²) in [4.78, 5) is 28.9. The van der Waals surface area contributed by atoms with E-state index in [4.69, 9.17) is 9.47 Å². The highest BCUT2D eigenvalue weighted by Gasteiger charge is 2.32. The zero-order valence-corrected chi connectivity index (χ0v) is 24.1. The van der Waals surface area contributed by atoms with Crippen molar-refractivity contribution in [2.45, 2.75) is 70.7 Å². The Balaban J connectivity index is 1.09. The number of anilines is 1. The van der Waals surface area contributed by atoms with Crippen molar-refractivity contribution in [3.63, 3.8) is 0 Å². The number of amides is 1. The van der Waals surface area contributed by atoms with Gasteiger partial charge in [-0.05, 0) is 68.1 Å². The van der Waals surface area contributed by atoms with Crippen LogP contribution in [0.3, 0.4) is 0 Å². The van der Waals surface area contributed by atoms with Crippen molar-refractivity contribution >= 4 is 28.5 Å². The molecule has 3 aromatic carbocycles. The Morgan fingerprint density at radius 2 is 1.70 bits per heavy atom. The van der Waals surface area contributed by atoms with Gasteiger partial charge in [-0.15, -0.1) is 0 Å². The molecule has 7 nitrogen and oxygen atoms in total. The minimum atomic E-state index is -0.541. The van der Waals surface area contributed by atoms with E-state index in [9.17, 15) is 9.59 Å². The number of nitrogens with one attached hydrogen (secondary N) is 1. The van der Waals surface area contributed by atoms with E-state index in [1.54, 1.807) is 4.90 Å². The molecular weight excluding hydrogens is 502 g/mol. The second-order valence-corrected chi connectivity index (χ2v) is 12.1. The van der Waals surface area contributed by atoms with Gasteiger partial charge in [-0.2, -0.15) is 0 Å². The molecule has 0 saturated carbocycles. The van der Waals surface area contributed by atoms with Gasteiger partial charge in [0.05, 0.1) is 13.0 Å². The van der Waals surface area contributed by atoms with E-state index in [-0.39, 0.29) is 30.6 Å². The first kappa shape index (κ1) is 28.0. The van der Waals surface area contributed by atoms with Gasteiger partial charge in [-0.25, -0.2) is 4.79 Å². The first-order valence-corrected chi connectivity index (χ1v) is 14.4. The Bertz CT molecular complexity index is 1330. The third-order valence-corrected chi connectivity index (χ3v) is 7.71. The number of carbonyl (C=O) groups is 2. The van der Waals surface area contributed by atoms with Gasteiger partial charge in [-0.1, -0.05) is 54.6 Å². The Morgan fingerprint density at radius 1 is 0.950 bits per heavy atom. The van der Waals surface area contributed by atoms with E-state index >= 15 is 0 Å². The molecule has 2 aliphatic rings. The highest BCUT2D eigenvalue weighted by atomic mass is 16.6. The van der Waals surface area contributed by atoms with E-state index in [2.05, 4.69) is 71.7 Å². The molecule has 2 aliphatic heterocycles. The zero-order chi connectivity index (χ0) is 28.3. The third-order valence-electron chi connectivity index (χ3n) is 7.71. The molecule has 3 atom stereocenters. The Labute approximate surface area is 237 Å². The van der Waals surface area contributed by atoms with Gasteiger partial charge in [0.25, 0.3) is 0 Å². The number of ether oxygens (including phenoxy) is 2. The lowest BCUT2D eigenvalue weighted by Crippen LogP contribution is -2.36. The number of hydrogen-bond donors (Lipinski definition) is 1. The minimum absolute atomic E-state index is 0.218. The molecule has 1 N–H and O–H groups in total. The van der Waals surface area contributed by atoms with E-state index in [1.807, 2.05) is 32.9 Å². The van der Waals surface area contributed by atoms with Crippen LogP contribution in [0.2, 0.25) is 0 Å². The summed E-state index contributed by atoms with van der Waals surface area (Å²) in [5, 5.41) is 6.43. The summed E-state index contributed by atoms with van der Waals surface area (Å²) >= 11 is 0. The van der Waals surface area contributed by atoms with Crippen LogP contribution in [0.25, 0.3) is 10.8 Å². The Hall–Kier alpha value is -3.58. The second-order valence-electron chi connectivity index (χ2n) is 12.1. The van der Waals surface area contributed by atoms with Gasteiger partial charge in [0.15, 0.2) is 0 Å². The van der Waals surface area contributed by atoms with Crippen molar-refractivity contribution in [2.75, 3.05) is 31.1 Å². The summed E-state index contributed by atoms with van der Waals surface area (Å²) in [7, 11) is 0. The number of benzene rings is 3. The third kappa shape index (κ3) is 6.94. The van der Waals surface area contributed by atoms with Crippen molar-refractivity contribution in [3.05, 3.63) is 77.9 Å². The minimum Gasteiger partial charge on any atom is -0.460 e. The molecule has 40 heavy (non-hydrogen) atoms. The maximum absolute atomic E-state index is 12.6. The summed E-state index contributed by atoms with van der Waals surface area (Å²) in [5.74, 6) is -0.267. The molecule has 0 aliphatic carbocycles. The number of esters is 1. The van der Waals surface area contributed by atoms with Gasteiger partial charge in [0, 0.05) is 43.8 Å². The first-order chi connectivity index (χ1) is 19.1. The second kappa shape index (κ2) is 11.9. The van der Waals surface area contributed by atoms with Gasteiger partial charge >= 0.3 is 12.1 Å². The fourth-order valence-electron chi connectivity index (χ4n) is 5.74. The normalized spacial score (nSPS) is 20.1. The quantitative estimate of drug-likeness (QED) is 0.376. The fourth-order valence-corrected chi connectivity index (χ4v) is 5.74. The van der Waals surface area contributed by atoms with Crippen LogP contribution in [0.5, 0.6) is 0 Å². The SMILES string of the molecule is C[C@@H](N[C@H]1CCN(c2ccc(CC(=O)O[C@@H]3CCN(C(=O)OC(C)(C)C)C3)cc2)C1)c1cccc2ccccc12. The predicted molar refractivity (Wildman–Crippen MR) is 159 cm³/mol. The van der Waals surface area contributed by atoms with Crippen molar-refractivity contribution in [1.29, 1.82) is 0 Å². The smallest absolute Gasteiger partial charge is 0.410 e. The molecule has 5 rings (SSSR count). The van der Waals surface area contributed by atoms with E-state index < -0.39 is 5.60 Å². The van der Waals surface area contributed by atoms with Crippen LogP contribution in [-0.2, 0) is 20.7 Å². The molecule has 7 heteroatoms. The summed E-state index contributed by atoms with van der Waals surface area (Å²) in [6.45, 7) is 10.6. The topological polar surface area (TPSA) is 71.1 Å². The summed E-state index contributed by atoms with van der Waals surface area (Å²) in [6, 6.07) is 24.0. The van der Waals surface area contributed by atoms with E-state index in [0.29, 0.717) is 25.6 Å². The zero-order valence-electron chi connectivity index (χ0n) is 24.1. The van der Waals surface area contributed by atoms with Crippen LogP contribution in [0.4, 0.5) is 10.5 Å². The lowest BCUT2D eigenvalue weighted by Gasteiger charge is -2.24. The van der Waals surface area contributed by atoms with Crippen LogP contribution in [-0.4, -0.2) is 60.9 Å². The lowest BCUT2D eigenvalue weighted by atomic mass is 9.99. The number of nitrogens with zero attached hydrogens (tertiary/aromatic N) is 2. The number of likely N-dealkylation sites (tertiary alicyclic amines) is 1. The van der Waals surface area contributed by atoms with Crippen LogP contribution in [0.15, 0.2) is 66.7 Å². The predicted octanol–water partition coefficient (Wildman–Crippen LogP) is 5.86. The van der Waals surface area contributed by atoms with Crippen LogP contribution >= 0.6 is 0 Å². The Kier molecular flexibility index (Phi) is 8.31. The molecule has 0 aromatic heterocycles. The first-order valence-electron chi connectivity index (χ1n) is 14.4. The lowest BCUT2D eigenvalue weighted by molar-refractivity contribution is -0.147. The van der Waals surface area contributed by atoms with Gasteiger partial charge < -0.3 is 24.6 Å². The number of carbonyl (C=O) groups excluding carboxylic acids is 2. The van der Waals surface area contributed by atoms with Crippen molar-refractivity contribution in [3.8, 4) is 0 Å². The molecule has 0 bridgehead atoms. The Morgan fingerprint density at radius 3 is 2.48 bits per heavy atom. The number of hydrogen-bond acceptors (Lipinski definition) is 6. The average molecular weight is 544 g/mol. The summed E-state index contributed by atoms with van der Waals surface area (Å²) < 4.78 is 11.1. The highest BCUT2D eigenvalue weighted by Crippen LogP contribution is 2.27. The molecule has 1 amide bonds.